The molecule has 2 aromatic carbocycles. The second kappa shape index (κ2) is 8.15. The summed E-state index contributed by atoms with van der Waals surface area (Å²) < 4.78 is 0. The average molecular weight is 380 g/mol. The van der Waals surface area contributed by atoms with Gasteiger partial charge < -0.3 is 15.3 Å². The number of amides is 1. The summed E-state index contributed by atoms with van der Waals surface area (Å²) in [5.41, 5.74) is 2.32. The van der Waals surface area contributed by atoms with Crippen LogP contribution < -0.4 is 5.32 Å². The number of carboxylic acids is 1. The lowest BCUT2D eigenvalue weighted by Crippen LogP contribution is -2.59. The van der Waals surface area contributed by atoms with E-state index in [1.165, 1.54) is 10.5 Å². The Morgan fingerprint density at radius 2 is 1.86 bits per heavy atom. The Balaban J connectivity index is 1.98. The molecule has 0 spiro atoms. The Hall–Kier alpha value is -2.66. The van der Waals surface area contributed by atoms with Crippen molar-refractivity contribution in [3.63, 3.8) is 0 Å². The van der Waals surface area contributed by atoms with Gasteiger partial charge in [-0.1, -0.05) is 55.8 Å². The lowest BCUT2D eigenvalue weighted by Gasteiger charge is -2.35. The second-order valence-electron chi connectivity index (χ2n) is 7.53. The lowest BCUT2D eigenvalue weighted by atomic mass is 9.92. The molecule has 0 aliphatic carbocycles. The number of nitrogens with one attached hydrogen (secondary N) is 1. The summed E-state index contributed by atoms with van der Waals surface area (Å²) in [6.07, 6.45) is 2.72. The Bertz CT molecular complexity index is 862. The fourth-order valence-corrected chi connectivity index (χ4v) is 4.17. The topological polar surface area (TPSA) is 69.6 Å². The molecule has 5 heteroatoms. The number of carbonyl (C=O) groups excluding carboxylic acids is 1. The molecule has 1 aliphatic heterocycles. The molecule has 28 heavy (non-hydrogen) atoms. The third kappa shape index (κ3) is 3.42. The maximum Gasteiger partial charge on any atom is 0.330 e. The minimum Gasteiger partial charge on any atom is -0.479 e. The first-order valence-corrected chi connectivity index (χ1v) is 9.84. The molecule has 1 fully saturated rings. The van der Waals surface area contributed by atoms with Crippen molar-refractivity contribution in [1.82, 2.24) is 10.2 Å². The predicted molar refractivity (Wildman–Crippen MR) is 110 cm³/mol. The fraction of sp³-hybridized carbons (Fsp3) is 0.391. The molecule has 0 saturated carbocycles. The van der Waals surface area contributed by atoms with Crippen LogP contribution in [-0.4, -0.2) is 47.1 Å². The predicted octanol–water partition coefficient (Wildman–Crippen LogP) is 3.58. The summed E-state index contributed by atoms with van der Waals surface area (Å²) in [7, 11) is 1.74. The van der Waals surface area contributed by atoms with Crippen LogP contribution in [0.4, 0.5) is 0 Å². The SMILES string of the molecule is CCCc1ccc(-c2ccccc2C(=O)N2CC[C@H](NC)[C@@]2(C)C(=O)O)cc1. The van der Waals surface area contributed by atoms with Gasteiger partial charge in [0, 0.05) is 18.2 Å². The van der Waals surface area contributed by atoms with Gasteiger partial charge >= 0.3 is 5.97 Å². The molecular weight excluding hydrogens is 352 g/mol. The second-order valence-corrected chi connectivity index (χ2v) is 7.53. The molecule has 0 unspecified atom stereocenters. The lowest BCUT2D eigenvalue weighted by molar-refractivity contribution is -0.148. The normalized spacial score (nSPS) is 21.7. The van der Waals surface area contributed by atoms with Crippen molar-refractivity contribution in [1.29, 1.82) is 0 Å². The quantitative estimate of drug-likeness (QED) is 0.804. The van der Waals surface area contributed by atoms with E-state index in [0.29, 0.717) is 18.5 Å². The van der Waals surface area contributed by atoms with Crippen LogP contribution in [-0.2, 0) is 11.2 Å². The molecule has 3 rings (SSSR count). The van der Waals surface area contributed by atoms with Gasteiger partial charge in [0.25, 0.3) is 5.91 Å². The first kappa shape index (κ1) is 20.1. The molecular formula is C23H28N2O3. The van der Waals surface area contributed by atoms with E-state index in [2.05, 4.69) is 24.4 Å². The summed E-state index contributed by atoms with van der Waals surface area (Å²) in [5, 5.41) is 12.9. The van der Waals surface area contributed by atoms with E-state index in [-0.39, 0.29) is 11.9 Å². The van der Waals surface area contributed by atoms with Crippen LogP contribution in [0.15, 0.2) is 48.5 Å². The minimum atomic E-state index is -1.27. The number of benzene rings is 2. The van der Waals surface area contributed by atoms with Crippen LogP contribution in [0.1, 0.15) is 42.6 Å². The molecule has 1 heterocycles. The first-order valence-electron chi connectivity index (χ1n) is 9.84. The third-order valence-corrected chi connectivity index (χ3v) is 5.87. The highest BCUT2D eigenvalue weighted by atomic mass is 16.4. The summed E-state index contributed by atoms with van der Waals surface area (Å²) in [5.74, 6) is -1.23. The summed E-state index contributed by atoms with van der Waals surface area (Å²) in [4.78, 5) is 27.0. The fourth-order valence-electron chi connectivity index (χ4n) is 4.17. The number of aryl methyl sites for hydroxylation is 1. The number of hydrogen-bond acceptors (Lipinski definition) is 3. The number of hydrogen-bond donors (Lipinski definition) is 2. The molecule has 2 aromatic rings. The number of likely N-dealkylation sites (tertiary alicyclic amines) is 1. The highest BCUT2D eigenvalue weighted by Gasteiger charge is 2.52. The van der Waals surface area contributed by atoms with Gasteiger partial charge in [0.15, 0.2) is 5.54 Å². The van der Waals surface area contributed by atoms with Gasteiger partial charge in [0.1, 0.15) is 0 Å². The van der Waals surface area contributed by atoms with Gasteiger partial charge in [-0.2, -0.15) is 0 Å². The van der Waals surface area contributed by atoms with Crippen LogP contribution in [0.25, 0.3) is 11.1 Å². The van der Waals surface area contributed by atoms with Gasteiger partial charge in [-0.15, -0.1) is 0 Å². The van der Waals surface area contributed by atoms with E-state index >= 15 is 0 Å². The third-order valence-electron chi connectivity index (χ3n) is 5.87. The number of carboxylic acid groups (broad SMARTS) is 1. The van der Waals surface area contributed by atoms with Gasteiger partial charge in [-0.3, -0.25) is 4.79 Å². The molecule has 2 N–H and O–H groups in total. The largest absolute Gasteiger partial charge is 0.479 e. The Labute approximate surface area is 166 Å². The van der Waals surface area contributed by atoms with Crippen LogP contribution in [0.2, 0.25) is 0 Å². The van der Waals surface area contributed by atoms with Gasteiger partial charge in [0.2, 0.25) is 0 Å². The Morgan fingerprint density at radius 3 is 2.46 bits per heavy atom. The van der Waals surface area contributed by atoms with E-state index in [1.807, 2.05) is 30.3 Å². The first-order chi connectivity index (χ1) is 13.4. The standard InChI is InChI=1S/C23H28N2O3/c1-4-7-16-10-12-17(13-11-16)18-8-5-6-9-19(18)21(26)25-15-14-20(24-3)23(25,2)22(27)28/h5-6,8-13,20,24H,4,7,14-15H2,1-3H3,(H,27,28)/t20-,23-/m0/s1. The zero-order chi connectivity index (χ0) is 20.3. The van der Waals surface area contributed by atoms with Crippen molar-refractivity contribution in [2.45, 2.75) is 44.7 Å². The Kier molecular flexibility index (Phi) is 5.84. The van der Waals surface area contributed by atoms with Crippen LogP contribution in [0.5, 0.6) is 0 Å². The molecule has 1 aliphatic rings. The molecule has 0 radical (unpaired) electrons. The number of rotatable bonds is 6. The minimum absolute atomic E-state index is 0.240. The number of nitrogens with zero attached hydrogens (tertiary/aromatic N) is 1. The molecule has 1 saturated heterocycles. The number of carbonyl (C=O) groups is 2. The van der Waals surface area contributed by atoms with Crippen molar-refractivity contribution in [3.8, 4) is 11.1 Å². The van der Waals surface area contributed by atoms with Crippen LogP contribution in [0.3, 0.4) is 0 Å². The van der Waals surface area contributed by atoms with E-state index in [9.17, 15) is 14.7 Å². The number of likely N-dealkylation sites (N-methyl/N-ethyl adjacent to an activating group) is 1. The van der Waals surface area contributed by atoms with E-state index in [4.69, 9.17) is 0 Å². The zero-order valence-electron chi connectivity index (χ0n) is 16.7. The van der Waals surface area contributed by atoms with E-state index < -0.39 is 11.5 Å². The average Bonchev–Trinajstić information content (AvgIpc) is 3.06. The van der Waals surface area contributed by atoms with Crippen LogP contribution >= 0.6 is 0 Å². The van der Waals surface area contributed by atoms with Crippen molar-refractivity contribution in [2.24, 2.45) is 0 Å². The zero-order valence-corrected chi connectivity index (χ0v) is 16.7. The van der Waals surface area contributed by atoms with Crippen molar-refractivity contribution < 1.29 is 14.7 Å². The van der Waals surface area contributed by atoms with Crippen LogP contribution in [0, 0.1) is 0 Å². The highest BCUT2D eigenvalue weighted by Crippen LogP contribution is 2.33. The molecule has 1 amide bonds. The molecule has 5 nitrogen and oxygen atoms in total. The molecule has 0 bridgehead atoms. The van der Waals surface area contributed by atoms with E-state index in [0.717, 1.165) is 24.0 Å². The molecule has 0 aromatic heterocycles. The Morgan fingerprint density at radius 1 is 1.18 bits per heavy atom. The van der Waals surface area contributed by atoms with Gasteiger partial charge in [-0.25, -0.2) is 4.79 Å². The van der Waals surface area contributed by atoms with E-state index in [1.54, 1.807) is 20.0 Å². The van der Waals surface area contributed by atoms with Crippen molar-refractivity contribution in [2.75, 3.05) is 13.6 Å². The number of aliphatic carboxylic acids is 1. The smallest absolute Gasteiger partial charge is 0.330 e. The maximum atomic E-state index is 13.4. The summed E-state index contributed by atoms with van der Waals surface area (Å²) in [6, 6.07) is 15.4. The summed E-state index contributed by atoms with van der Waals surface area (Å²) in [6.45, 7) is 4.19. The van der Waals surface area contributed by atoms with Gasteiger partial charge in [-0.05, 0) is 49.6 Å². The maximum absolute atomic E-state index is 13.4. The molecule has 2 atom stereocenters. The van der Waals surface area contributed by atoms with Crippen molar-refractivity contribution in [3.05, 3.63) is 59.7 Å². The highest BCUT2D eigenvalue weighted by molar-refractivity contribution is 6.03. The van der Waals surface area contributed by atoms with Crippen molar-refractivity contribution >= 4 is 11.9 Å². The molecule has 148 valence electrons. The van der Waals surface area contributed by atoms with Gasteiger partial charge in [0.05, 0.1) is 0 Å². The summed E-state index contributed by atoms with van der Waals surface area (Å²) >= 11 is 0. The monoisotopic (exact) mass is 380 g/mol.